The molecule has 0 aromatic rings. The van der Waals surface area contributed by atoms with Crippen molar-refractivity contribution in [3.63, 3.8) is 0 Å². The van der Waals surface area contributed by atoms with Crippen LogP contribution >= 0.6 is 11.8 Å². The molecule has 1 aliphatic carbocycles. The van der Waals surface area contributed by atoms with E-state index in [1.54, 1.807) is 0 Å². The van der Waals surface area contributed by atoms with Gasteiger partial charge in [0.1, 0.15) is 6.04 Å². The third-order valence-corrected chi connectivity index (χ3v) is 5.50. The predicted molar refractivity (Wildman–Crippen MR) is 75.1 cm³/mol. The number of carboxylic acid groups (broad SMARTS) is 1. The number of nitrogens with one attached hydrogen (secondary N) is 1. The lowest BCUT2D eigenvalue weighted by Gasteiger charge is -2.26. The first-order chi connectivity index (χ1) is 9.04. The van der Waals surface area contributed by atoms with Crippen molar-refractivity contribution in [2.24, 2.45) is 11.8 Å². The molecule has 4 atom stereocenters. The lowest BCUT2D eigenvalue weighted by atomic mass is 9.93. The number of thioether (sulfide) groups is 1. The van der Waals surface area contributed by atoms with Crippen LogP contribution in [-0.4, -0.2) is 45.7 Å². The summed E-state index contributed by atoms with van der Waals surface area (Å²) < 4.78 is 0. The maximum atomic E-state index is 12.2. The van der Waals surface area contributed by atoms with Gasteiger partial charge < -0.3 is 15.3 Å². The second-order valence-electron chi connectivity index (χ2n) is 5.48. The molecule has 1 saturated carbocycles. The van der Waals surface area contributed by atoms with E-state index in [0.717, 1.165) is 19.3 Å². The van der Waals surface area contributed by atoms with Crippen molar-refractivity contribution in [2.75, 3.05) is 11.6 Å². The van der Waals surface area contributed by atoms with Gasteiger partial charge in [0.2, 0.25) is 0 Å². The highest BCUT2D eigenvalue weighted by Crippen LogP contribution is 2.34. The molecule has 3 unspecified atom stereocenters. The van der Waals surface area contributed by atoms with E-state index in [4.69, 9.17) is 5.11 Å². The molecule has 2 N–H and O–H groups in total. The molecule has 108 valence electrons. The minimum atomic E-state index is -0.911. The van der Waals surface area contributed by atoms with Crippen LogP contribution in [0.1, 0.15) is 33.1 Å². The fourth-order valence-electron chi connectivity index (χ4n) is 3.12. The van der Waals surface area contributed by atoms with E-state index >= 15 is 0 Å². The van der Waals surface area contributed by atoms with Crippen LogP contribution in [-0.2, 0) is 4.79 Å². The Labute approximate surface area is 118 Å². The minimum absolute atomic E-state index is 0.192. The summed E-state index contributed by atoms with van der Waals surface area (Å²) in [5.41, 5.74) is 0. The molecule has 19 heavy (non-hydrogen) atoms. The number of carboxylic acids is 1. The Morgan fingerprint density at radius 2 is 2.16 bits per heavy atom. The summed E-state index contributed by atoms with van der Waals surface area (Å²) in [7, 11) is 0. The Hall–Kier alpha value is -0.910. The SMILES string of the molecule is CCC1CCC(NC(=O)N2CSC[C@H]2C(=O)O)C1C. The number of aliphatic carboxylic acids is 1. The first kappa shape index (κ1) is 14.5. The second-order valence-corrected chi connectivity index (χ2v) is 6.48. The van der Waals surface area contributed by atoms with Crippen LogP contribution in [0, 0.1) is 11.8 Å². The van der Waals surface area contributed by atoms with Gasteiger partial charge in [-0.05, 0) is 24.7 Å². The zero-order valence-electron chi connectivity index (χ0n) is 11.5. The predicted octanol–water partition coefficient (Wildman–Crippen LogP) is 1.98. The smallest absolute Gasteiger partial charge is 0.327 e. The van der Waals surface area contributed by atoms with Crippen molar-refractivity contribution in [1.82, 2.24) is 10.2 Å². The molecule has 0 aromatic carbocycles. The third kappa shape index (κ3) is 2.99. The van der Waals surface area contributed by atoms with Crippen LogP contribution in [0.5, 0.6) is 0 Å². The van der Waals surface area contributed by atoms with E-state index in [9.17, 15) is 9.59 Å². The first-order valence-corrected chi connectivity index (χ1v) is 8.07. The van der Waals surface area contributed by atoms with Gasteiger partial charge in [0, 0.05) is 11.8 Å². The van der Waals surface area contributed by atoms with Crippen molar-refractivity contribution in [1.29, 1.82) is 0 Å². The van der Waals surface area contributed by atoms with E-state index in [-0.39, 0.29) is 12.1 Å². The summed E-state index contributed by atoms with van der Waals surface area (Å²) in [4.78, 5) is 24.7. The van der Waals surface area contributed by atoms with E-state index < -0.39 is 12.0 Å². The molecular formula is C13H22N2O3S. The van der Waals surface area contributed by atoms with Crippen LogP contribution in [0.4, 0.5) is 4.79 Å². The first-order valence-electron chi connectivity index (χ1n) is 6.92. The molecule has 2 fully saturated rings. The number of urea groups is 1. The Morgan fingerprint density at radius 3 is 2.74 bits per heavy atom. The van der Waals surface area contributed by atoms with Gasteiger partial charge in [0.05, 0.1) is 5.88 Å². The normalized spacial score (nSPS) is 34.5. The van der Waals surface area contributed by atoms with E-state index in [1.165, 1.54) is 16.7 Å². The van der Waals surface area contributed by atoms with E-state index in [1.807, 2.05) is 0 Å². The average Bonchev–Trinajstić information content (AvgIpc) is 2.97. The van der Waals surface area contributed by atoms with Gasteiger partial charge in [-0.2, -0.15) is 0 Å². The summed E-state index contributed by atoms with van der Waals surface area (Å²) in [6, 6.07) is -0.702. The molecule has 0 aromatic heterocycles. The van der Waals surface area contributed by atoms with Crippen LogP contribution in [0.3, 0.4) is 0 Å². The largest absolute Gasteiger partial charge is 0.480 e. The third-order valence-electron chi connectivity index (χ3n) is 4.49. The molecule has 0 spiro atoms. The van der Waals surface area contributed by atoms with Gasteiger partial charge in [-0.1, -0.05) is 20.3 Å². The molecular weight excluding hydrogens is 264 g/mol. The number of carbonyl (C=O) groups is 2. The van der Waals surface area contributed by atoms with Crippen LogP contribution < -0.4 is 5.32 Å². The Balaban J connectivity index is 1.92. The Bertz CT molecular complexity index is 364. The molecule has 1 saturated heterocycles. The Kier molecular flexibility index (Phi) is 4.60. The van der Waals surface area contributed by atoms with Crippen LogP contribution in [0.2, 0.25) is 0 Å². The highest BCUT2D eigenvalue weighted by molar-refractivity contribution is 7.99. The summed E-state index contributed by atoms with van der Waals surface area (Å²) in [6.45, 7) is 4.36. The summed E-state index contributed by atoms with van der Waals surface area (Å²) in [6.07, 6.45) is 3.30. The van der Waals surface area contributed by atoms with Crippen molar-refractivity contribution in [3.05, 3.63) is 0 Å². The topological polar surface area (TPSA) is 69.6 Å². The van der Waals surface area contributed by atoms with Crippen molar-refractivity contribution >= 4 is 23.8 Å². The summed E-state index contributed by atoms with van der Waals surface area (Å²) in [5, 5.41) is 12.1. The average molecular weight is 286 g/mol. The quantitative estimate of drug-likeness (QED) is 0.832. The van der Waals surface area contributed by atoms with Crippen LogP contribution in [0.15, 0.2) is 0 Å². The number of carbonyl (C=O) groups excluding carboxylic acids is 1. The molecule has 2 rings (SSSR count). The highest BCUT2D eigenvalue weighted by Gasteiger charge is 2.38. The maximum Gasteiger partial charge on any atom is 0.327 e. The lowest BCUT2D eigenvalue weighted by Crippen LogP contribution is -2.50. The van der Waals surface area contributed by atoms with E-state index in [2.05, 4.69) is 19.2 Å². The van der Waals surface area contributed by atoms with Crippen LogP contribution in [0.25, 0.3) is 0 Å². The van der Waals surface area contributed by atoms with Gasteiger partial charge in [0.25, 0.3) is 0 Å². The zero-order valence-corrected chi connectivity index (χ0v) is 12.3. The van der Waals surface area contributed by atoms with E-state index in [0.29, 0.717) is 23.5 Å². The van der Waals surface area contributed by atoms with Crippen molar-refractivity contribution in [2.45, 2.75) is 45.2 Å². The molecule has 1 aliphatic heterocycles. The molecule has 2 amide bonds. The number of amides is 2. The number of hydrogen-bond donors (Lipinski definition) is 2. The molecule has 5 nitrogen and oxygen atoms in total. The van der Waals surface area contributed by atoms with Crippen molar-refractivity contribution < 1.29 is 14.7 Å². The molecule has 6 heteroatoms. The Morgan fingerprint density at radius 1 is 1.42 bits per heavy atom. The minimum Gasteiger partial charge on any atom is -0.480 e. The lowest BCUT2D eigenvalue weighted by molar-refractivity contribution is -0.140. The fourth-order valence-corrected chi connectivity index (χ4v) is 4.26. The van der Waals surface area contributed by atoms with Crippen molar-refractivity contribution in [3.8, 4) is 0 Å². The van der Waals surface area contributed by atoms with Gasteiger partial charge in [-0.15, -0.1) is 11.8 Å². The standard InChI is InChI=1S/C13H22N2O3S/c1-3-9-4-5-10(8(9)2)14-13(18)15-7-19-6-11(15)12(16)17/h8-11H,3-7H2,1-2H3,(H,14,18)(H,16,17)/t8?,9?,10?,11-/m0/s1. The summed E-state index contributed by atoms with van der Waals surface area (Å²) >= 11 is 1.49. The number of hydrogen-bond acceptors (Lipinski definition) is 3. The second kappa shape index (κ2) is 6.03. The van der Waals surface area contributed by atoms with Gasteiger partial charge in [-0.3, -0.25) is 0 Å². The van der Waals surface area contributed by atoms with Gasteiger partial charge >= 0.3 is 12.0 Å². The summed E-state index contributed by atoms with van der Waals surface area (Å²) in [5.74, 6) is 1.20. The highest BCUT2D eigenvalue weighted by atomic mass is 32.2. The molecule has 2 aliphatic rings. The molecule has 0 bridgehead atoms. The molecule has 0 radical (unpaired) electrons. The maximum absolute atomic E-state index is 12.2. The monoisotopic (exact) mass is 286 g/mol. The number of nitrogens with zero attached hydrogens (tertiary/aromatic N) is 1. The zero-order chi connectivity index (χ0) is 14.0. The number of rotatable bonds is 3. The fraction of sp³-hybridized carbons (Fsp3) is 0.846. The molecule has 1 heterocycles. The van der Waals surface area contributed by atoms with Gasteiger partial charge in [-0.25, -0.2) is 9.59 Å². The van der Waals surface area contributed by atoms with Gasteiger partial charge in [0.15, 0.2) is 0 Å².